The molecule has 1 heterocycles. The number of hydrogen-bond donors (Lipinski definition) is 1. The Bertz CT molecular complexity index is 953. The number of halogens is 2. The highest BCUT2D eigenvalue weighted by Crippen LogP contribution is 2.36. The predicted octanol–water partition coefficient (Wildman–Crippen LogP) is 8.27. The van der Waals surface area contributed by atoms with Crippen LogP contribution in [0.2, 0.25) is 5.02 Å². The van der Waals surface area contributed by atoms with Crippen molar-refractivity contribution in [3.8, 4) is 0 Å². The van der Waals surface area contributed by atoms with Gasteiger partial charge < -0.3 is 4.98 Å². The van der Waals surface area contributed by atoms with Crippen LogP contribution in [0.1, 0.15) is 74.8 Å². The first-order chi connectivity index (χ1) is 13.6. The maximum absolute atomic E-state index is 14.8. The van der Waals surface area contributed by atoms with E-state index in [2.05, 4.69) is 62.2 Å². The first-order valence-electron chi connectivity index (χ1n) is 10.3. The van der Waals surface area contributed by atoms with Gasteiger partial charge in [-0.25, -0.2) is 4.39 Å². The number of fused-ring (bicyclic) bond motifs is 1. The van der Waals surface area contributed by atoms with Gasteiger partial charge in [0.25, 0.3) is 0 Å². The minimum absolute atomic E-state index is 0.158. The first-order valence-corrected chi connectivity index (χ1v) is 10.7. The third-order valence-electron chi connectivity index (χ3n) is 5.41. The molecule has 1 unspecified atom stereocenters. The molecule has 28 heavy (non-hydrogen) atoms. The second-order valence-corrected chi connectivity index (χ2v) is 7.89. The Kier molecular flexibility index (Phi) is 6.96. The third kappa shape index (κ3) is 4.33. The molecular weight excluding hydrogens is 369 g/mol. The fourth-order valence-electron chi connectivity index (χ4n) is 3.74. The van der Waals surface area contributed by atoms with Crippen molar-refractivity contribution in [2.45, 2.75) is 58.8 Å². The molecular formula is C25H29ClFN. The topological polar surface area (TPSA) is 15.8 Å². The summed E-state index contributed by atoms with van der Waals surface area (Å²) in [5.41, 5.74) is 5.43. The lowest BCUT2D eigenvalue weighted by atomic mass is 9.92. The second kappa shape index (κ2) is 9.43. The molecule has 1 aromatic heterocycles. The zero-order valence-electron chi connectivity index (χ0n) is 17.0. The monoisotopic (exact) mass is 397 g/mol. The number of aryl methyl sites for hydroxylation is 1. The number of nitrogens with one attached hydrogen (secondary N) is 1. The van der Waals surface area contributed by atoms with Crippen molar-refractivity contribution in [3.63, 3.8) is 0 Å². The smallest absolute Gasteiger partial charge is 0.151 e. The van der Waals surface area contributed by atoms with Crippen LogP contribution in [0, 0.1) is 5.82 Å². The maximum atomic E-state index is 14.8. The molecule has 0 spiro atoms. The number of allylic oxidation sites excluding steroid dienone is 1. The summed E-state index contributed by atoms with van der Waals surface area (Å²) in [5.74, 6) is -0.150. The molecule has 1 N–H and O–H groups in total. The van der Waals surface area contributed by atoms with E-state index in [1.165, 1.54) is 11.1 Å². The molecule has 0 amide bonds. The van der Waals surface area contributed by atoms with E-state index in [9.17, 15) is 4.39 Å². The van der Waals surface area contributed by atoms with Crippen molar-refractivity contribution >= 4 is 28.6 Å². The number of H-pyrrole nitrogens is 1. The van der Waals surface area contributed by atoms with Crippen molar-refractivity contribution < 1.29 is 4.39 Å². The van der Waals surface area contributed by atoms with Crippen LogP contribution < -0.4 is 0 Å². The van der Waals surface area contributed by atoms with Gasteiger partial charge in [-0.15, -0.1) is 0 Å². The molecule has 0 aliphatic carbocycles. The van der Waals surface area contributed by atoms with Crippen LogP contribution >= 0.6 is 11.6 Å². The minimum Gasteiger partial charge on any atom is -0.358 e. The molecule has 3 heteroatoms. The van der Waals surface area contributed by atoms with E-state index in [-0.39, 0.29) is 16.8 Å². The molecule has 1 atom stereocenters. The van der Waals surface area contributed by atoms with Gasteiger partial charge in [0.1, 0.15) is 0 Å². The highest BCUT2D eigenvalue weighted by atomic mass is 35.5. The summed E-state index contributed by atoms with van der Waals surface area (Å²) in [7, 11) is 0. The fraction of sp³-hybridized carbons (Fsp3) is 0.360. The van der Waals surface area contributed by atoms with Gasteiger partial charge >= 0.3 is 0 Å². The van der Waals surface area contributed by atoms with Crippen molar-refractivity contribution in [1.29, 1.82) is 0 Å². The highest BCUT2D eigenvalue weighted by molar-refractivity contribution is 6.31. The quantitative estimate of drug-likeness (QED) is 0.393. The zero-order chi connectivity index (χ0) is 20.1. The molecule has 0 fully saturated rings. The lowest BCUT2D eigenvalue weighted by molar-refractivity contribution is 0.638. The Labute approximate surface area is 172 Å². The van der Waals surface area contributed by atoms with E-state index in [4.69, 9.17) is 11.6 Å². The number of hydrogen-bond acceptors (Lipinski definition) is 0. The molecule has 0 radical (unpaired) electrons. The predicted molar refractivity (Wildman–Crippen MR) is 120 cm³/mol. The van der Waals surface area contributed by atoms with Crippen LogP contribution in [0.25, 0.3) is 17.0 Å². The Morgan fingerprint density at radius 1 is 1.07 bits per heavy atom. The van der Waals surface area contributed by atoms with Gasteiger partial charge in [-0.3, -0.25) is 0 Å². The molecule has 3 rings (SSSR count). The van der Waals surface area contributed by atoms with Crippen molar-refractivity contribution in [1.82, 2.24) is 4.98 Å². The average Bonchev–Trinajstić information content (AvgIpc) is 3.08. The van der Waals surface area contributed by atoms with Gasteiger partial charge in [0.2, 0.25) is 0 Å². The summed E-state index contributed by atoms with van der Waals surface area (Å²) in [6.07, 6.45) is 9.60. The zero-order valence-corrected chi connectivity index (χ0v) is 17.7. The number of rotatable bonds is 8. The lowest BCUT2D eigenvalue weighted by Crippen LogP contribution is -2.01. The van der Waals surface area contributed by atoms with E-state index >= 15 is 0 Å². The van der Waals surface area contributed by atoms with E-state index in [0.717, 1.165) is 48.9 Å². The normalized spacial score (nSPS) is 12.9. The number of aromatic nitrogens is 1. The van der Waals surface area contributed by atoms with Gasteiger partial charge in [-0.2, -0.15) is 0 Å². The molecule has 0 aliphatic heterocycles. The van der Waals surface area contributed by atoms with Crippen LogP contribution in [0.3, 0.4) is 0 Å². The second-order valence-electron chi connectivity index (χ2n) is 7.48. The number of aromatic amines is 1. The van der Waals surface area contributed by atoms with Gasteiger partial charge in [0, 0.05) is 22.5 Å². The molecule has 0 aliphatic rings. The van der Waals surface area contributed by atoms with Crippen LogP contribution in [-0.2, 0) is 6.42 Å². The summed E-state index contributed by atoms with van der Waals surface area (Å²) in [6.45, 7) is 6.52. The van der Waals surface area contributed by atoms with Gasteiger partial charge in [-0.05, 0) is 48.1 Å². The molecule has 1 nitrogen and oxygen atoms in total. The van der Waals surface area contributed by atoms with Crippen molar-refractivity contribution in [2.24, 2.45) is 0 Å². The van der Waals surface area contributed by atoms with Gasteiger partial charge in [0.05, 0.1) is 5.02 Å². The summed E-state index contributed by atoms with van der Waals surface area (Å²) in [4.78, 5) is 3.48. The SMILES string of the molecule is CCC/C=C/c1ccc(C(C)c2[nH]c3ccc(Cl)c(F)c3c2CCCC)cc1. The van der Waals surface area contributed by atoms with E-state index in [1.807, 2.05) is 6.07 Å². The Balaban J connectivity index is 1.98. The molecule has 148 valence electrons. The Hall–Kier alpha value is -2.06. The van der Waals surface area contributed by atoms with Gasteiger partial charge in [0.15, 0.2) is 5.82 Å². The molecule has 0 bridgehead atoms. The van der Waals surface area contributed by atoms with Crippen molar-refractivity contribution in [3.05, 3.63) is 75.7 Å². The lowest BCUT2D eigenvalue weighted by Gasteiger charge is -2.14. The van der Waals surface area contributed by atoms with Crippen LogP contribution in [-0.4, -0.2) is 4.98 Å². The number of unbranched alkanes of at least 4 members (excludes halogenated alkanes) is 2. The summed E-state index contributed by atoms with van der Waals surface area (Å²) < 4.78 is 14.8. The van der Waals surface area contributed by atoms with E-state index in [1.54, 1.807) is 6.07 Å². The molecule has 0 saturated carbocycles. The van der Waals surface area contributed by atoms with Crippen LogP contribution in [0.15, 0.2) is 42.5 Å². The summed E-state index contributed by atoms with van der Waals surface area (Å²) in [5, 5.41) is 0.841. The fourth-order valence-corrected chi connectivity index (χ4v) is 3.89. The standard InChI is InChI=1S/C25H29ClFN/c1-4-6-8-9-18-11-13-19(14-12-18)17(3)25-20(10-7-5-2)23-22(28-25)16-15-21(26)24(23)27/h8-9,11-17,28H,4-7,10H2,1-3H3/b9-8+. The molecule has 3 aromatic rings. The minimum atomic E-state index is -0.309. The third-order valence-corrected chi connectivity index (χ3v) is 5.70. The van der Waals surface area contributed by atoms with Gasteiger partial charge in [-0.1, -0.05) is 81.6 Å². The van der Waals surface area contributed by atoms with E-state index < -0.39 is 0 Å². The van der Waals surface area contributed by atoms with Crippen LogP contribution in [0.4, 0.5) is 4.39 Å². The van der Waals surface area contributed by atoms with Crippen LogP contribution in [0.5, 0.6) is 0 Å². The summed E-state index contributed by atoms with van der Waals surface area (Å²) >= 11 is 6.07. The maximum Gasteiger partial charge on any atom is 0.151 e. The Morgan fingerprint density at radius 3 is 2.50 bits per heavy atom. The largest absolute Gasteiger partial charge is 0.358 e. The Morgan fingerprint density at radius 2 is 1.82 bits per heavy atom. The highest BCUT2D eigenvalue weighted by Gasteiger charge is 2.21. The number of benzene rings is 2. The van der Waals surface area contributed by atoms with E-state index in [0.29, 0.717) is 5.39 Å². The average molecular weight is 398 g/mol. The molecule has 2 aromatic carbocycles. The molecule has 0 saturated heterocycles. The summed E-state index contributed by atoms with van der Waals surface area (Å²) in [6, 6.07) is 12.2. The first kappa shape index (κ1) is 20.7. The van der Waals surface area contributed by atoms with Crippen molar-refractivity contribution in [2.75, 3.05) is 0 Å².